The largest absolute Gasteiger partial charge is 0.0912 e. The molecule has 11 heavy (non-hydrogen) atoms. The van der Waals surface area contributed by atoms with Crippen molar-refractivity contribution < 1.29 is 0 Å². The Labute approximate surface area is 67.9 Å². The average Bonchev–Trinajstić information content (AvgIpc) is 2.04. The van der Waals surface area contributed by atoms with E-state index in [1.54, 1.807) is 0 Å². The summed E-state index contributed by atoms with van der Waals surface area (Å²) in [5.41, 5.74) is 1.41. The third-order valence-electron chi connectivity index (χ3n) is 2.01. The van der Waals surface area contributed by atoms with Gasteiger partial charge in [0.05, 0.1) is 0 Å². The molecule has 0 bridgehead atoms. The van der Waals surface area contributed by atoms with Gasteiger partial charge in [0.2, 0.25) is 0 Å². The molecule has 0 unspecified atom stereocenters. The molecular weight excluding hydrogens is 132 g/mol. The van der Waals surface area contributed by atoms with Gasteiger partial charge in [-0.05, 0) is 23.8 Å². The minimum Gasteiger partial charge on any atom is -0.0912 e. The van der Waals surface area contributed by atoms with E-state index in [-0.39, 0.29) is 0 Å². The van der Waals surface area contributed by atoms with E-state index < -0.39 is 0 Å². The first kappa shape index (κ1) is 8.06. The van der Waals surface area contributed by atoms with Crippen LogP contribution in [0.3, 0.4) is 0 Å². The van der Waals surface area contributed by atoms with Crippen LogP contribution in [0.25, 0.3) is 12.2 Å². The van der Waals surface area contributed by atoms with E-state index in [2.05, 4.69) is 38.6 Å². The van der Waals surface area contributed by atoms with Gasteiger partial charge in [0.15, 0.2) is 0 Å². The Morgan fingerprint density at radius 1 is 1.36 bits per heavy atom. The second-order valence-electron chi connectivity index (χ2n) is 2.79. The molecular formula is C11H14. The minimum absolute atomic E-state index is 1.10. The Morgan fingerprint density at radius 2 is 2.00 bits per heavy atom. The Hall–Kier alpha value is -1.04. The second-order valence-corrected chi connectivity index (χ2v) is 2.79. The molecule has 0 atom stereocenters. The van der Waals surface area contributed by atoms with Gasteiger partial charge in [0.25, 0.3) is 0 Å². The Kier molecular flexibility index (Phi) is 2.48. The number of benzene rings is 1. The quantitative estimate of drug-likeness (QED) is 0.565. The molecule has 1 rings (SSSR count). The van der Waals surface area contributed by atoms with Crippen LogP contribution in [0.1, 0.15) is 20.3 Å². The standard InChI is InChI=1S/C11H14/c1-4-9(2)11-8-6-5-7-10(11)3/h5-8H,3-4H2,1-2H3/b11-9-. The highest BCUT2D eigenvalue weighted by Crippen LogP contribution is 1.93. The number of hydrogen-bond donors (Lipinski definition) is 0. The van der Waals surface area contributed by atoms with Gasteiger partial charge in [0.1, 0.15) is 0 Å². The van der Waals surface area contributed by atoms with Crippen LogP contribution < -0.4 is 10.4 Å². The van der Waals surface area contributed by atoms with E-state index >= 15 is 0 Å². The monoisotopic (exact) mass is 146 g/mol. The van der Waals surface area contributed by atoms with E-state index in [1.165, 1.54) is 10.8 Å². The van der Waals surface area contributed by atoms with Gasteiger partial charge in [-0.2, -0.15) is 0 Å². The van der Waals surface area contributed by atoms with Crippen LogP contribution in [0.4, 0.5) is 0 Å². The van der Waals surface area contributed by atoms with Crippen molar-refractivity contribution in [1.29, 1.82) is 0 Å². The Balaban J connectivity index is 3.46. The van der Waals surface area contributed by atoms with Crippen molar-refractivity contribution in [1.82, 2.24) is 0 Å². The van der Waals surface area contributed by atoms with Crippen molar-refractivity contribution in [2.45, 2.75) is 20.3 Å². The van der Waals surface area contributed by atoms with E-state index in [4.69, 9.17) is 0 Å². The van der Waals surface area contributed by atoms with Gasteiger partial charge in [0, 0.05) is 0 Å². The van der Waals surface area contributed by atoms with Crippen molar-refractivity contribution in [3.8, 4) is 0 Å². The summed E-state index contributed by atoms with van der Waals surface area (Å²) in [5, 5.41) is 2.43. The molecule has 0 spiro atoms. The van der Waals surface area contributed by atoms with Gasteiger partial charge in [-0.25, -0.2) is 0 Å². The topological polar surface area (TPSA) is 0 Å². The van der Waals surface area contributed by atoms with Crippen molar-refractivity contribution in [3.05, 3.63) is 34.7 Å². The molecule has 0 nitrogen and oxygen atoms in total. The van der Waals surface area contributed by atoms with Crippen molar-refractivity contribution in [2.75, 3.05) is 0 Å². The molecule has 58 valence electrons. The van der Waals surface area contributed by atoms with Crippen LogP contribution in [-0.2, 0) is 0 Å². The molecule has 0 aromatic heterocycles. The van der Waals surface area contributed by atoms with E-state index in [0.29, 0.717) is 0 Å². The summed E-state index contributed by atoms with van der Waals surface area (Å²) in [5.74, 6) is 0. The third-order valence-corrected chi connectivity index (χ3v) is 2.01. The maximum absolute atomic E-state index is 3.97. The smallest absolute Gasteiger partial charge is 0.0201 e. The lowest BCUT2D eigenvalue weighted by atomic mass is 10.1. The number of hydrogen-bond acceptors (Lipinski definition) is 0. The van der Waals surface area contributed by atoms with Gasteiger partial charge < -0.3 is 0 Å². The van der Waals surface area contributed by atoms with Crippen LogP contribution in [0, 0.1) is 0 Å². The molecule has 0 heteroatoms. The van der Waals surface area contributed by atoms with Gasteiger partial charge in [-0.1, -0.05) is 43.3 Å². The maximum atomic E-state index is 3.97. The molecule has 0 aliphatic heterocycles. The molecule has 0 saturated heterocycles. The SMILES string of the molecule is C=c1cccc/c1=C(\C)CC. The first-order valence-corrected chi connectivity index (χ1v) is 3.99. The molecule has 0 amide bonds. The van der Waals surface area contributed by atoms with E-state index in [1.807, 2.05) is 6.07 Å². The van der Waals surface area contributed by atoms with Crippen LogP contribution in [-0.4, -0.2) is 0 Å². The predicted octanol–water partition coefficient (Wildman–Crippen LogP) is 1.68. The van der Waals surface area contributed by atoms with Gasteiger partial charge >= 0.3 is 0 Å². The molecule has 1 aromatic carbocycles. The summed E-state index contributed by atoms with van der Waals surface area (Å²) in [4.78, 5) is 0. The van der Waals surface area contributed by atoms with Gasteiger partial charge in [-0.15, -0.1) is 0 Å². The van der Waals surface area contributed by atoms with Crippen LogP contribution >= 0.6 is 0 Å². The first-order valence-electron chi connectivity index (χ1n) is 3.99. The van der Waals surface area contributed by atoms with Gasteiger partial charge in [-0.3, -0.25) is 0 Å². The lowest BCUT2D eigenvalue weighted by Gasteiger charge is -1.94. The van der Waals surface area contributed by atoms with Crippen LogP contribution in [0.15, 0.2) is 24.3 Å². The molecule has 1 aromatic rings. The Bertz CT molecular complexity index is 333. The summed E-state index contributed by atoms with van der Waals surface area (Å²) >= 11 is 0. The summed E-state index contributed by atoms with van der Waals surface area (Å²) in [6.07, 6.45) is 1.10. The maximum Gasteiger partial charge on any atom is -0.0201 e. The summed E-state index contributed by atoms with van der Waals surface area (Å²) < 4.78 is 0. The highest BCUT2D eigenvalue weighted by molar-refractivity contribution is 5.41. The van der Waals surface area contributed by atoms with Crippen LogP contribution in [0.5, 0.6) is 0 Å². The molecule has 0 N–H and O–H groups in total. The van der Waals surface area contributed by atoms with Crippen LogP contribution in [0.2, 0.25) is 0 Å². The molecule has 0 aliphatic carbocycles. The summed E-state index contributed by atoms with van der Waals surface area (Å²) in [6.45, 7) is 8.29. The molecule has 0 heterocycles. The molecule has 0 saturated carbocycles. The lowest BCUT2D eigenvalue weighted by molar-refractivity contribution is 1.20. The van der Waals surface area contributed by atoms with E-state index in [0.717, 1.165) is 11.6 Å². The summed E-state index contributed by atoms with van der Waals surface area (Å²) in [7, 11) is 0. The minimum atomic E-state index is 1.10. The van der Waals surface area contributed by atoms with E-state index in [9.17, 15) is 0 Å². The Morgan fingerprint density at radius 3 is 2.55 bits per heavy atom. The number of rotatable bonds is 1. The zero-order valence-corrected chi connectivity index (χ0v) is 7.22. The predicted molar refractivity (Wildman–Crippen MR) is 50.6 cm³/mol. The highest BCUT2D eigenvalue weighted by atomic mass is 13.9. The molecule has 0 radical (unpaired) electrons. The fourth-order valence-corrected chi connectivity index (χ4v) is 1.13. The third kappa shape index (κ3) is 1.70. The molecule has 0 fully saturated rings. The zero-order valence-electron chi connectivity index (χ0n) is 7.22. The fourth-order valence-electron chi connectivity index (χ4n) is 1.13. The average molecular weight is 146 g/mol. The van der Waals surface area contributed by atoms with Crippen molar-refractivity contribution in [3.63, 3.8) is 0 Å². The van der Waals surface area contributed by atoms with Crippen molar-refractivity contribution in [2.24, 2.45) is 0 Å². The van der Waals surface area contributed by atoms with Crippen molar-refractivity contribution >= 4 is 12.2 Å². The molecule has 0 aliphatic rings. The zero-order chi connectivity index (χ0) is 8.27. The lowest BCUT2D eigenvalue weighted by Crippen LogP contribution is -2.23. The summed E-state index contributed by atoms with van der Waals surface area (Å²) in [6, 6.07) is 8.26. The first-order chi connectivity index (χ1) is 5.25. The normalized spacial score (nSPS) is 12.9. The fraction of sp³-hybridized carbons (Fsp3) is 0.273. The highest BCUT2D eigenvalue weighted by Gasteiger charge is 1.86. The second kappa shape index (κ2) is 3.38.